The Hall–Kier alpha value is -2.22. The van der Waals surface area contributed by atoms with E-state index < -0.39 is 21.4 Å². The summed E-state index contributed by atoms with van der Waals surface area (Å²) in [5.74, 6) is -0.787. The summed E-state index contributed by atoms with van der Waals surface area (Å²) >= 11 is 0. The van der Waals surface area contributed by atoms with Crippen molar-refractivity contribution in [1.82, 2.24) is 9.97 Å². The zero-order valence-corrected chi connectivity index (χ0v) is 9.74. The Morgan fingerprint density at radius 3 is 2.67 bits per heavy atom. The monoisotopic (exact) mass is 269 g/mol. The molecule has 0 aromatic carbocycles. The SMILES string of the molecule is O=c1ccc(S(=O)(=O)Nc2ccncc2F)c[nH]1. The molecule has 0 saturated carbocycles. The summed E-state index contributed by atoms with van der Waals surface area (Å²) in [5.41, 5.74) is -0.639. The molecule has 2 rings (SSSR count). The summed E-state index contributed by atoms with van der Waals surface area (Å²) in [6, 6.07) is 3.39. The molecule has 2 aromatic heterocycles. The van der Waals surface area contributed by atoms with Crippen molar-refractivity contribution < 1.29 is 12.8 Å². The first-order valence-corrected chi connectivity index (χ1v) is 6.28. The van der Waals surface area contributed by atoms with Crippen LogP contribution in [0, 0.1) is 5.82 Å². The molecule has 0 radical (unpaired) electrons. The fourth-order valence-corrected chi connectivity index (χ4v) is 2.26. The molecule has 0 aliphatic rings. The van der Waals surface area contributed by atoms with E-state index in [0.29, 0.717) is 0 Å². The molecule has 0 unspecified atom stereocenters. The second-order valence-electron chi connectivity index (χ2n) is 3.35. The number of nitrogens with zero attached hydrogens (tertiary/aromatic N) is 1. The predicted octanol–water partition coefficient (Wildman–Crippen LogP) is 0.710. The van der Waals surface area contributed by atoms with Crippen molar-refractivity contribution in [2.45, 2.75) is 4.90 Å². The number of aromatic nitrogens is 2. The van der Waals surface area contributed by atoms with Crippen molar-refractivity contribution in [1.29, 1.82) is 0 Å². The number of sulfonamides is 1. The van der Waals surface area contributed by atoms with Crippen LogP contribution in [0.2, 0.25) is 0 Å². The first kappa shape index (κ1) is 12.2. The van der Waals surface area contributed by atoms with Crippen molar-refractivity contribution in [2.75, 3.05) is 4.72 Å². The lowest BCUT2D eigenvalue weighted by molar-refractivity contribution is 0.597. The molecule has 6 nitrogen and oxygen atoms in total. The molecule has 18 heavy (non-hydrogen) atoms. The van der Waals surface area contributed by atoms with Gasteiger partial charge >= 0.3 is 0 Å². The Labute approximate surface area is 102 Å². The fraction of sp³-hybridized carbons (Fsp3) is 0. The van der Waals surface area contributed by atoms with Gasteiger partial charge in [-0.05, 0) is 12.1 Å². The topological polar surface area (TPSA) is 91.9 Å². The highest BCUT2D eigenvalue weighted by Crippen LogP contribution is 2.16. The normalized spacial score (nSPS) is 11.2. The fourth-order valence-electron chi connectivity index (χ4n) is 1.23. The van der Waals surface area contributed by atoms with Crippen LogP contribution < -0.4 is 10.3 Å². The molecule has 0 aliphatic carbocycles. The Balaban J connectivity index is 2.36. The van der Waals surface area contributed by atoms with Crippen LogP contribution in [0.1, 0.15) is 0 Å². The van der Waals surface area contributed by atoms with Crippen LogP contribution in [0.3, 0.4) is 0 Å². The summed E-state index contributed by atoms with van der Waals surface area (Å²) in [7, 11) is -3.94. The van der Waals surface area contributed by atoms with Crippen LogP contribution in [0.15, 0.2) is 46.5 Å². The van der Waals surface area contributed by atoms with E-state index >= 15 is 0 Å². The first-order chi connectivity index (χ1) is 8.49. The molecule has 0 saturated heterocycles. The van der Waals surface area contributed by atoms with Gasteiger partial charge in [0.1, 0.15) is 4.90 Å². The van der Waals surface area contributed by atoms with E-state index in [0.717, 1.165) is 24.5 Å². The van der Waals surface area contributed by atoms with Gasteiger partial charge in [0, 0.05) is 18.5 Å². The number of rotatable bonds is 3. The van der Waals surface area contributed by atoms with Crippen LogP contribution in [-0.2, 0) is 10.0 Å². The van der Waals surface area contributed by atoms with E-state index in [1.807, 2.05) is 0 Å². The summed E-state index contributed by atoms with van der Waals surface area (Å²) in [6.45, 7) is 0. The second kappa shape index (κ2) is 4.57. The molecule has 8 heteroatoms. The van der Waals surface area contributed by atoms with Gasteiger partial charge in [-0.3, -0.25) is 14.5 Å². The van der Waals surface area contributed by atoms with Gasteiger partial charge in [0.05, 0.1) is 11.9 Å². The van der Waals surface area contributed by atoms with Crippen LogP contribution >= 0.6 is 0 Å². The number of aromatic amines is 1. The highest BCUT2D eigenvalue weighted by atomic mass is 32.2. The third-order valence-corrected chi connectivity index (χ3v) is 3.45. The Morgan fingerprint density at radius 1 is 1.28 bits per heavy atom. The maximum Gasteiger partial charge on any atom is 0.263 e. The molecular weight excluding hydrogens is 261 g/mol. The third-order valence-electron chi connectivity index (χ3n) is 2.08. The van der Waals surface area contributed by atoms with Crippen LogP contribution in [0.4, 0.5) is 10.1 Å². The summed E-state index contributed by atoms with van der Waals surface area (Å²) in [6.07, 6.45) is 3.18. The molecule has 94 valence electrons. The van der Waals surface area contributed by atoms with E-state index in [1.165, 1.54) is 12.3 Å². The van der Waals surface area contributed by atoms with Gasteiger partial charge < -0.3 is 4.98 Å². The van der Waals surface area contributed by atoms with E-state index in [1.54, 1.807) is 0 Å². The smallest absolute Gasteiger partial charge is 0.263 e. The Morgan fingerprint density at radius 2 is 2.06 bits per heavy atom. The highest BCUT2D eigenvalue weighted by molar-refractivity contribution is 7.92. The number of nitrogens with one attached hydrogen (secondary N) is 2. The van der Waals surface area contributed by atoms with Crippen LogP contribution in [-0.4, -0.2) is 18.4 Å². The molecule has 2 N–H and O–H groups in total. The lowest BCUT2D eigenvalue weighted by atomic mass is 10.4. The molecular formula is C10H8FN3O3S. The number of H-pyrrole nitrogens is 1. The lowest BCUT2D eigenvalue weighted by Crippen LogP contribution is -2.16. The van der Waals surface area contributed by atoms with E-state index in [9.17, 15) is 17.6 Å². The van der Waals surface area contributed by atoms with Crippen molar-refractivity contribution in [3.05, 3.63) is 53.0 Å². The predicted molar refractivity (Wildman–Crippen MR) is 62.1 cm³/mol. The largest absolute Gasteiger partial charge is 0.328 e. The average molecular weight is 269 g/mol. The van der Waals surface area contributed by atoms with Gasteiger partial charge in [-0.25, -0.2) is 12.8 Å². The van der Waals surface area contributed by atoms with Gasteiger partial charge in [-0.15, -0.1) is 0 Å². The molecule has 0 spiro atoms. The number of pyridine rings is 2. The van der Waals surface area contributed by atoms with Crippen LogP contribution in [0.5, 0.6) is 0 Å². The maximum atomic E-state index is 13.3. The molecule has 0 bridgehead atoms. The quantitative estimate of drug-likeness (QED) is 0.858. The Bertz CT molecular complexity index is 707. The molecule has 0 atom stereocenters. The van der Waals surface area contributed by atoms with Gasteiger partial charge in [0.2, 0.25) is 5.56 Å². The van der Waals surface area contributed by atoms with Crippen molar-refractivity contribution in [3.63, 3.8) is 0 Å². The number of hydrogen-bond donors (Lipinski definition) is 2. The van der Waals surface area contributed by atoms with Crippen molar-refractivity contribution >= 4 is 15.7 Å². The van der Waals surface area contributed by atoms with E-state index in [4.69, 9.17) is 0 Å². The second-order valence-corrected chi connectivity index (χ2v) is 5.03. The first-order valence-electron chi connectivity index (χ1n) is 4.80. The van der Waals surface area contributed by atoms with Crippen LogP contribution in [0.25, 0.3) is 0 Å². The molecule has 0 fully saturated rings. The Kier molecular flexibility index (Phi) is 3.11. The molecule has 0 aliphatic heterocycles. The minimum atomic E-state index is -3.94. The van der Waals surface area contributed by atoms with E-state index in [2.05, 4.69) is 14.7 Å². The molecule has 0 amide bonds. The molecule has 2 heterocycles. The van der Waals surface area contributed by atoms with Gasteiger partial charge in [0.25, 0.3) is 10.0 Å². The average Bonchev–Trinajstić information content (AvgIpc) is 2.32. The number of anilines is 1. The van der Waals surface area contributed by atoms with Gasteiger partial charge in [-0.1, -0.05) is 0 Å². The minimum Gasteiger partial charge on any atom is -0.328 e. The van der Waals surface area contributed by atoms with Crippen molar-refractivity contribution in [3.8, 4) is 0 Å². The molecule has 2 aromatic rings. The lowest BCUT2D eigenvalue weighted by Gasteiger charge is -2.07. The minimum absolute atomic E-state index is 0.168. The van der Waals surface area contributed by atoms with Gasteiger partial charge in [-0.2, -0.15) is 0 Å². The zero-order valence-electron chi connectivity index (χ0n) is 8.92. The highest BCUT2D eigenvalue weighted by Gasteiger charge is 2.16. The van der Waals surface area contributed by atoms with Crippen molar-refractivity contribution in [2.24, 2.45) is 0 Å². The van der Waals surface area contributed by atoms with Gasteiger partial charge in [0.15, 0.2) is 5.82 Å². The summed E-state index contributed by atoms with van der Waals surface area (Å²) in [5, 5.41) is 0. The zero-order chi connectivity index (χ0) is 13.2. The third kappa shape index (κ3) is 2.54. The standard InChI is InChI=1S/C10H8FN3O3S/c11-8-6-12-4-3-9(8)14-18(16,17)7-1-2-10(15)13-5-7/h1-6H,(H,12,14)(H,13,15). The van der Waals surface area contributed by atoms with E-state index in [-0.39, 0.29) is 10.6 Å². The maximum absolute atomic E-state index is 13.3. The summed E-state index contributed by atoms with van der Waals surface area (Å²) in [4.78, 5) is 16.4. The number of hydrogen-bond acceptors (Lipinski definition) is 4. The summed E-state index contributed by atoms with van der Waals surface area (Å²) < 4.78 is 39.0. The number of halogens is 1.